The molecule has 1 fully saturated rings. The van der Waals surface area contributed by atoms with Gasteiger partial charge in [-0.2, -0.15) is 4.73 Å². The molecule has 2 aromatic carbocycles. The summed E-state index contributed by atoms with van der Waals surface area (Å²) in [5.41, 5.74) is 2.36. The van der Waals surface area contributed by atoms with Gasteiger partial charge in [-0.25, -0.2) is 4.79 Å². The molecule has 0 radical (unpaired) electrons. The van der Waals surface area contributed by atoms with E-state index in [1.165, 1.54) is 18.3 Å². The summed E-state index contributed by atoms with van der Waals surface area (Å²) in [7, 11) is 0. The molecule has 212 valence electrons. The predicted octanol–water partition coefficient (Wildman–Crippen LogP) is 3.38. The monoisotopic (exact) mass is 558 g/mol. The van der Waals surface area contributed by atoms with Crippen LogP contribution in [0.5, 0.6) is 11.5 Å². The number of carbonyl (C=O) groups excluding carboxylic acids is 1. The van der Waals surface area contributed by atoms with E-state index in [-0.39, 0.29) is 42.1 Å². The topological polar surface area (TPSA) is 141 Å². The van der Waals surface area contributed by atoms with Gasteiger partial charge >= 0.3 is 11.9 Å². The van der Waals surface area contributed by atoms with E-state index in [0.717, 1.165) is 24.1 Å². The fourth-order valence-electron chi connectivity index (χ4n) is 4.63. The first-order chi connectivity index (χ1) is 20.0. The van der Waals surface area contributed by atoms with Gasteiger partial charge in [-0.15, -0.1) is 0 Å². The molecule has 1 aliphatic heterocycles. The molecule has 3 heterocycles. The first-order valence-electron chi connectivity index (χ1n) is 13.3. The predicted molar refractivity (Wildman–Crippen MR) is 147 cm³/mol. The average Bonchev–Trinajstić information content (AvgIpc) is 3.67. The smallest absolute Gasteiger partial charge is 0.374 e. The van der Waals surface area contributed by atoms with Gasteiger partial charge in [0.05, 0.1) is 11.8 Å². The normalized spacial score (nSPS) is 15.0. The second-order valence-corrected chi connectivity index (χ2v) is 9.72. The number of benzene rings is 2. The Morgan fingerprint density at radius 2 is 1.68 bits per heavy atom. The van der Waals surface area contributed by atoms with Gasteiger partial charge < -0.3 is 34.5 Å². The highest BCUT2D eigenvalue weighted by atomic mass is 16.5. The van der Waals surface area contributed by atoms with Crippen LogP contribution in [-0.4, -0.2) is 53.2 Å². The molecule has 4 aromatic rings. The molecule has 0 spiro atoms. The molecule has 2 N–H and O–H groups in total. The summed E-state index contributed by atoms with van der Waals surface area (Å²) in [6, 6.07) is 22.0. The summed E-state index contributed by atoms with van der Waals surface area (Å²) in [6.07, 6.45) is 2.01. The Morgan fingerprint density at radius 3 is 2.32 bits per heavy atom. The van der Waals surface area contributed by atoms with Crippen molar-refractivity contribution in [3.8, 4) is 11.5 Å². The van der Waals surface area contributed by atoms with Gasteiger partial charge in [0, 0.05) is 31.6 Å². The highest BCUT2D eigenvalue weighted by Crippen LogP contribution is 2.29. The molecule has 0 bridgehead atoms. The molecule has 1 saturated heterocycles. The first-order valence-corrected chi connectivity index (χ1v) is 13.3. The number of carbonyl (C=O) groups is 2. The molecule has 41 heavy (non-hydrogen) atoms. The van der Waals surface area contributed by atoms with Crippen molar-refractivity contribution in [2.75, 3.05) is 26.2 Å². The zero-order valence-corrected chi connectivity index (χ0v) is 22.3. The van der Waals surface area contributed by atoms with Crippen molar-refractivity contribution >= 4 is 11.9 Å². The molecule has 1 aliphatic rings. The van der Waals surface area contributed by atoms with Crippen LogP contribution in [0.1, 0.15) is 50.2 Å². The van der Waals surface area contributed by atoms with Crippen LogP contribution in [0.15, 0.2) is 83.5 Å². The number of likely N-dealkylation sites (tertiary alicyclic amines) is 1. The van der Waals surface area contributed by atoms with Crippen molar-refractivity contribution in [3.05, 3.63) is 112 Å². The minimum absolute atomic E-state index is 0.0547. The van der Waals surface area contributed by atoms with Crippen molar-refractivity contribution in [1.29, 1.82) is 0 Å². The molecule has 2 aromatic heterocycles. The lowest BCUT2D eigenvalue weighted by atomic mass is 10.1. The summed E-state index contributed by atoms with van der Waals surface area (Å²) in [4.78, 5) is 26.2. The van der Waals surface area contributed by atoms with E-state index >= 15 is 0 Å². The number of nitrogens with one attached hydrogen (secondary N) is 1. The van der Waals surface area contributed by atoms with E-state index in [0.29, 0.717) is 30.1 Å². The quantitative estimate of drug-likeness (QED) is 0.198. The summed E-state index contributed by atoms with van der Waals surface area (Å²) >= 11 is 0. The lowest BCUT2D eigenvalue weighted by molar-refractivity contribution is -0.608. The second kappa shape index (κ2) is 13.0. The standard InChI is InChI=1S/C30H30N4O7/c35-29(31-12-14-33-13-11-23(17-33)24-15-27(30(36)37)41-32-24)25-16-26(39-19-21-7-3-1-4-8-21)28(18-34(25)38)40-20-22-9-5-2-6-10-22/h1-10,15-16,18,23H,11-14,17,19-20H2,(H,31,35)(H,36,37)/t23-/m1/s1. The van der Waals surface area contributed by atoms with Gasteiger partial charge in [0.1, 0.15) is 13.2 Å². The maximum atomic E-state index is 13.0. The molecule has 0 aliphatic carbocycles. The summed E-state index contributed by atoms with van der Waals surface area (Å²) in [5, 5.41) is 28.6. The largest absolute Gasteiger partial charge is 0.618 e. The Labute approximate surface area is 236 Å². The Morgan fingerprint density at radius 1 is 1.02 bits per heavy atom. The van der Waals surface area contributed by atoms with E-state index < -0.39 is 11.9 Å². The van der Waals surface area contributed by atoms with Crippen LogP contribution in [0, 0.1) is 5.21 Å². The number of ether oxygens (including phenoxy) is 2. The zero-order chi connectivity index (χ0) is 28.6. The van der Waals surface area contributed by atoms with Crippen LogP contribution in [-0.2, 0) is 13.2 Å². The average molecular weight is 559 g/mol. The third kappa shape index (κ3) is 7.20. The number of carboxylic acids is 1. The van der Waals surface area contributed by atoms with Crippen LogP contribution in [0.2, 0.25) is 0 Å². The van der Waals surface area contributed by atoms with Gasteiger partial charge in [0.25, 0.3) is 5.69 Å². The number of amides is 1. The molecule has 0 saturated carbocycles. The third-order valence-electron chi connectivity index (χ3n) is 6.83. The molecule has 0 unspecified atom stereocenters. The van der Waals surface area contributed by atoms with Crippen LogP contribution < -0.4 is 19.5 Å². The van der Waals surface area contributed by atoms with Crippen molar-refractivity contribution in [1.82, 2.24) is 15.4 Å². The van der Waals surface area contributed by atoms with E-state index in [4.69, 9.17) is 19.1 Å². The van der Waals surface area contributed by atoms with Crippen molar-refractivity contribution in [2.24, 2.45) is 0 Å². The van der Waals surface area contributed by atoms with Crippen LogP contribution in [0.3, 0.4) is 0 Å². The Balaban J connectivity index is 1.21. The number of hydrogen-bond acceptors (Lipinski definition) is 8. The molecule has 1 atom stereocenters. The first kappa shape index (κ1) is 27.7. The number of carboxylic acid groups (broad SMARTS) is 1. The second-order valence-electron chi connectivity index (χ2n) is 9.72. The molecule has 11 heteroatoms. The van der Waals surface area contributed by atoms with Crippen molar-refractivity contribution < 1.29 is 33.4 Å². The van der Waals surface area contributed by atoms with Gasteiger partial charge in [0.2, 0.25) is 17.7 Å². The van der Waals surface area contributed by atoms with Crippen molar-refractivity contribution in [3.63, 3.8) is 0 Å². The van der Waals surface area contributed by atoms with Crippen LogP contribution in [0.25, 0.3) is 0 Å². The van der Waals surface area contributed by atoms with Crippen LogP contribution >= 0.6 is 0 Å². The fourth-order valence-corrected chi connectivity index (χ4v) is 4.63. The zero-order valence-electron chi connectivity index (χ0n) is 22.3. The van der Waals surface area contributed by atoms with Gasteiger partial charge in [0.15, 0.2) is 5.75 Å². The number of aromatic carboxylic acids is 1. The Bertz CT molecular complexity index is 1480. The summed E-state index contributed by atoms with van der Waals surface area (Å²) in [5.74, 6) is -1.28. The number of nitrogens with zero attached hydrogens (tertiary/aromatic N) is 3. The summed E-state index contributed by atoms with van der Waals surface area (Å²) < 4.78 is 17.3. The number of hydrogen-bond donors (Lipinski definition) is 2. The Kier molecular flexibility index (Phi) is 8.75. The third-order valence-corrected chi connectivity index (χ3v) is 6.83. The lowest BCUT2D eigenvalue weighted by Gasteiger charge is -2.16. The maximum Gasteiger partial charge on any atom is 0.374 e. The minimum atomic E-state index is -1.15. The molecular formula is C30H30N4O7. The van der Waals surface area contributed by atoms with E-state index in [2.05, 4.69) is 15.4 Å². The van der Waals surface area contributed by atoms with Crippen molar-refractivity contribution in [2.45, 2.75) is 25.6 Å². The molecule has 1 amide bonds. The lowest BCUT2D eigenvalue weighted by Crippen LogP contribution is -2.41. The van der Waals surface area contributed by atoms with Gasteiger partial charge in [-0.1, -0.05) is 65.8 Å². The molecule has 11 nitrogen and oxygen atoms in total. The SMILES string of the molecule is O=C(O)c1cc([C@@H]2CCN(CCNC(=O)c3cc(OCc4ccccc4)c(OCc4ccccc4)c[n+]3[O-])C2)no1. The molecule has 5 rings (SSSR count). The summed E-state index contributed by atoms with van der Waals surface area (Å²) in [6.45, 7) is 2.77. The van der Waals surface area contributed by atoms with E-state index in [1.54, 1.807) is 0 Å². The number of rotatable bonds is 12. The highest BCUT2D eigenvalue weighted by molar-refractivity contribution is 5.91. The number of aromatic nitrogens is 2. The van der Waals surface area contributed by atoms with E-state index in [1.807, 2.05) is 60.7 Å². The number of pyridine rings is 1. The minimum Gasteiger partial charge on any atom is -0.618 e. The maximum absolute atomic E-state index is 13.0. The van der Waals surface area contributed by atoms with Gasteiger partial charge in [-0.05, 0) is 24.1 Å². The fraction of sp³-hybridized carbons (Fsp3) is 0.267. The Hall–Kier alpha value is -4.90. The van der Waals surface area contributed by atoms with Crippen LogP contribution in [0.4, 0.5) is 0 Å². The van der Waals surface area contributed by atoms with Gasteiger partial charge in [-0.3, -0.25) is 4.79 Å². The highest BCUT2D eigenvalue weighted by Gasteiger charge is 2.28. The van der Waals surface area contributed by atoms with E-state index in [9.17, 15) is 14.8 Å². The molecular weight excluding hydrogens is 528 g/mol.